The molecule has 0 aliphatic heterocycles. The lowest BCUT2D eigenvalue weighted by Crippen LogP contribution is -2.16. The highest BCUT2D eigenvalue weighted by Gasteiger charge is 2.17. The maximum Gasteiger partial charge on any atom is 0.256 e. The first-order valence-electron chi connectivity index (χ1n) is 10.6. The molecule has 0 saturated carbocycles. The monoisotopic (exact) mass is 490 g/mol. The lowest BCUT2D eigenvalue weighted by molar-refractivity contribution is 0.100. The van der Waals surface area contributed by atoms with E-state index in [2.05, 4.69) is 5.32 Å². The van der Waals surface area contributed by atoms with Crippen LogP contribution in [-0.2, 0) is 13.0 Å². The second kappa shape index (κ2) is 10.5. The fourth-order valence-electron chi connectivity index (χ4n) is 3.46. The number of nitrogens with two attached hydrogens (primary N) is 1. The standard InChI is InChI=1S/C27H23ClN2O3S/c1-17-10-11-24(23(28)12-17)33-16-19-8-5-9-20(13-19)26(32)30-27-22(25(29)31)15-21(34-27)14-18-6-3-2-4-7-18/h2-13,15H,14,16H2,1H3,(H2,29,31)(H,30,32). The molecule has 3 N–H and O–H groups in total. The third-order valence-electron chi connectivity index (χ3n) is 5.17. The van der Waals surface area contributed by atoms with Gasteiger partial charge in [-0.15, -0.1) is 11.3 Å². The van der Waals surface area contributed by atoms with Gasteiger partial charge in [-0.1, -0.05) is 60.1 Å². The maximum atomic E-state index is 13.0. The van der Waals surface area contributed by atoms with Gasteiger partial charge in [0, 0.05) is 16.9 Å². The zero-order valence-electron chi connectivity index (χ0n) is 18.5. The van der Waals surface area contributed by atoms with Gasteiger partial charge in [0.25, 0.3) is 11.8 Å². The molecular formula is C27H23ClN2O3S. The molecule has 0 fully saturated rings. The van der Waals surface area contributed by atoms with Gasteiger partial charge in [0.1, 0.15) is 17.4 Å². The van der Waals surface area contributed by atoms with Crippen molar-refractivity contribution in [3.8, 4) is 5.75 Å². The summed E-state index contributed by atoms with van der Waals surface area (Å²) in [7, 11) is 0. The number of primary amides is 1. The van der Waals surface area contributed by atoms with Gasteiger partial charge in [-0.25, -0.2) is 0 Å². The van der Waals surface area contributed by atoms with Crippen LogP contribution < -0.4 is 15.8 Å². The van der Waals surface area contributed by atoms with E-state index in [0.717, 1.165) is 21.6 Å². The predicted molar refractivity (Wildman–Crippen MR) is 137 cm³/mol. The summed E-state index contributed by atoms with van der Waals surface area (Å²) < 4.78 is 5.82. The van der Waals surface area contributed by atoms with Crippen LogP contribution in [0.1, 0.15) is 42.3 Å². The minimum absolute atomic E-state index is 0.261. The first-order valence-corrected chi connectivity index (χ1v) is 11.8. The van der Waals surface area contributed by atoms with Crippen molar-refractivity contribution in [1.29, 1.82) is 0 Å². The Hall–Kier alpha value is -3.61. The van der Waals surface area contributed by atoms with E-state index in [0.29, 0.717) is 33.3 Å². The van der Waals surface area contributed by atoms with Crippen LogP contribution in [0, 0.1) is 6.92 Å². The van der Waals surface area contributed by atoms with E-state index in [9.17, 15) is 9.59 Å². The quantitative estimate of drug-likeness (QED) is 0.307. The molecular weight excluding hydrogens is 468 g/mol. The Morgan fingerprint density at radius 2 is 1.74 bits per heavy atom. The van der Waals surface area contributed by atoms with Crippen molar-refractivity contribution in [1.82, 2.24) is 0 Å². The van der Waals surface area contributed by atoms with Crippen LogP contribution in [0.25, 0.3) is 0 Å². The Bertz CT molecular complexity index is 1330. The largest absolute Gasteiger partial charge is 0.487 e. The molecule has 0 atom stereocenters. The fourth-order valence-corrected chi connectivity index (χ4v) is 4.84. The summed E-state index contributed by atoms with van der Waals surface area (Å²) in [6.07, 6.45) is 0.649. The van der Waals surface area contributed by atoms with Crippen molar-refractivity contribution >= 4 is 39.8 Å². The molecule has 0 aliphatic carbocycles. The van der Waals surface area contributed by atoms with Crippen molar-refractivity contribution < 1.29 is 14.3 Å². The number of carbonyl (C=O) groups excluding carboxylic acids is 2. The van der Waals surface area contributed by atoms with Crippen LogP contribution in [0.15, 0.2) is 78.9 Å². The topological polar surface area (TPSA) is 81.4 Å². The molecule has 5 nitrogen and oxygen atoms in total. The van der Waals surface area contributed by atoms with Gasteiger partial charge in [0.2, 0.25) is 0 Å². The second-order valence-electron chi connectivity index (χ2n) is 7.86. The minimum Gasteiger partial charge on any atom is -0.487 e. The number of hydrogen-bond acceptors (Lipinski definition) is 4. The first kappa shape index (κ1) is 23.5. The third kappa shape index (κ3) is 5.84. The zero-order chi connectivity index (χ0) is 24.1. The predicted octanol–water partition coefficient (Wildman–Crippen LogP) is 6.23. The molecule has 7 heteroatoms. The van der Waals surface area contributed by atoms with Crippen molar-refractivity contribution in [2.75, 3.05) is 5.32 Å². The number of anilines is 1. The average molecular weight is 491 g/mol. The molecule has 0 aliphatic rings. The molecule has 0 saturated heterocycles. The average Bonchev–Trinajstić information content (AvgIpc) is 3.21. The summed E-state index contributed by atoms with van der Waals surface area (Å²) >= 11 is 7.58. The van der Waals surface area contributed by atoms with E-state index >= 15 is 0 Å². The Balaban J connectivity index is 1.47. The molecule has 0 unspecified atom stereocenters. The fraction of sp³-hybridized carbons (Fsp3) is 0.111. The van der Waals surface area contributed by atoms with Crippen molar-refractivity contribution in [2.45, 2.75) is 20.0 Å². The lowest BCUT2D eigenvalue weighted by atomic mass is 10.1. The van der Waals surface area contributed by atoms with Crippen LogP contribution >= 0.6 is 22.9 Å². The smallest absolute Gasteiger partial charge is 0.256 e. The Labute approximate surface area is 207 Å². The van der Waals surface area contributed by atoms with Gasteiger partial charge in [0.15, 0.2) is 0 Å². The molecule has 4 rings (SSSR count). The highest BCUT2D eigenvalue weighted by Crippen LogP contribution is 2.30. The zero-order valence-corrected chi connectivity index (χ0v) is 20.1. The van der Waals surface area contributed by atoms with Gasteiger partial charge >= 0.3 is 0 Å². The van der Waals surface area contributed by atoms with Crippen molar-refractivity contribution in [3.63, 3.8) is 0 Å². The van der Waals surface area contributed by atoms with Gasteiger partial charge in [-0.05, 0) is 53.9 Å². The Kier molecular flexibility index (Phi) is 7.30. The Morgan fingerprint density at radius 3 is 2.47 bits per heavy atom. The second-order valence-corrected chi connectivity index (χ2v) is 9.40. The number of carbonyl (C=O) groups is 2. The van der Waals surface area contributed by atoms with E-state index in [1.807, 2.05) is 61.5 Å². The number of hydrogen-bond donors (Lipinski definition) is 2. The van der Waals surface area contributed by atoms with Gasteiger partial charge in [0.05, 0.1) is 10.6 Å². The van der Waals surface area contributed by atoms with E-state index < -0.39 is 5.91 Å². The first-order chi connectivity index (χ1) is 16.4. The van der Waals surface area contributed by atoms with Crippen LogP contribution in [0.4, 0.5) is 5.00 Å². The highest BCUT2D eigenvalue weighted by atomic mass is 35.5. The van der Waals surface area contributed by atoms with Crippen molar-refractivity contribution in [2.24, 2.45) is 5.73 Å². The number of rotatable bonds is 8. The SMILES string of the molecule is Cc1ccc(OCc2cccc(C(=O)Nc3sc(Cc4ccccc4)cc3C(N)=O)c2)c(Cl)c1. The highest BCUT2D eigenvalue weighted by molar-refractivity contribution is 7.16. The molecule has 0 spiro atoms. The number of ether oxygens (including phenoxy) is 1. The number of thiophene rings is 1. The molecule has 4 aromatic rings. The van der Waals surface area contributed by atoms with E-state index in [-0.39, 0.29) is 12.5 Å². The summed E-state index contributed by atoms with van der Waals surface area (Å²) in [6.45, 7) is 2.22. The van der Waals surface area contributed by atoms with Gasteiger partial charge < -0.3 is 15.8 Å². The number of aryl methyl sites for hydroxylation is 1. The summed E-state index contributed by atoms with van der Waals surface area (Å²) in [6, 6.07) is 24.3. The summed E-state index contributed by atoms with van der Waals surface area (Å²) in [5, 5.41) is 3.83. The lowest BCUT2D eigenvalue weighted by Gasteiger charge is -2.10. The summed E-state index contributed by atoms with van der Waals surface area (Å²) in [4.78, 5) is 25.9. The molecule has 0 radical (unpaired) electrons. The number of amides is 2. The molecule has 3 aromatic carbocycles. The van der Waals surface area contributed by atoms with Crippen LogP contribution in [0.5, 0.6) is 5.75 Å². The maximum absolute atomic E-state index is 13.0. The molecule has 0 bridgehead atoms. The normalized spacial score (nSPS) is 10.6. The molecule has 1 aromatic heterocycles. The number of halogens is 1. The van der Waals surface area contributed by atoms with E-state index in [4.69, 9.17) is 22.1 Å². The number of nitrogens with one attached hydrogen (secondary N) is 1. The van der Waals surface area contributed by atoms with Crippen LogP contribution in [0.2, 0.25) is 5.02 Å². The van der Waals surface area contributed by atoms with E-state index in [1.165, 1.54) is 11.3 Å². The molecule has 2 amide bonds. The number of benzene rings is 3. The van der Waals surface area contributed by atoms with Gasteiger partial charge in [-0.2, -0.15) is 0 Å². The van der Waals surface area contributed by atoms with E-state index in [1.54, 1.807) is 24.3 Å². The molecule has 34 heavy (non-hydrogen) atoms. The minimum atomic E-state index is -0.581. The summed E-state index contributed by atoms with van der Waals surface area (Å²) in [5.41, 5.74) is 9.29. The molecule has 1 heterocycles. The van der Waals surface area contributed by atoms with Crippen LogP contribution in [0.3, 0.4) is 0 Å². The van der Waals surface area contributed by atoms with Crippen LogP contribution in [-0.4, -0.2) is 11.8 Å². The van der Waals surface area contributed by atoms with Crippen molar-refractivity contribution in [3.05, 3.63) is 117 Å². The Morgan fingerprint density at radius 1 is 0.971 bits per heavy atom. The summed E-state index contributed by atoms with van der Waals surface area (Å²) in [5.74, 6) is -0.327. The molecule has 172 valence electrons. The third-order valence-corrected chi connectivity index (χ3v) is 6.51. The van der Waals surface area contributed by atoms with Gasteiger partial charge in [-0.3, -0.25) is 9.59 Å².